The maximum atomic E-state index is 11.8. The van der Waals surface area contributed by atoms with Crippen molar-refractivity contribution in [1.82, 2.24) is 15.2 Å². The summed E-state index contributed by atoms with van der Waals surface area (Å²) < 4.78 is 0. The molecule has 17 heavy (non-hydrogen) atoms. The number of likely N-dealkylation sites (tertiary alicyclic amines) is 1. The number of thiazole rings is 1. The predicted octanol–water partition coefficient (Wildman–Crippen LogP) is 0.478. The molecule has 5 nitrogen and oxygen atoms in total. The molecule has 3 N–H and O–H groups in total. The summed E-state index contributed by atoms with van der Waals surface area (Å²) in [7, 11) is 2.11. The zero-order valence-electron chi connectivity index (χ0n) is 9.98. The Morgan fingerprint density at radius 2 is 2.35 bits per heavy atom. The predicted molar refractivity (Wildman–Crippen MR) is 68.9 cm³/mol. The smallest absolute Gasteiger partial charge is 0.226 e. The number of nitrogen functional groups attached to an aromatic ring is 1. The summed E-state index contributed by atoms with van der Waals surface area (Å²) in [5.41, 5.74) is 6.29. The van der Waals surface area contributed by atoms with Crippen molar-refractivity contribution in [3.8, 4) is 0 Å². The summed E-state index contributed by atoms with van der Waals surface area (Å²) in [6.45, 7) is 2.10. The second-order valence-electron chi connectivity index (χ2n) is 4.50. The Morgan fingerprint density at radius 1 is 1.65 bits per heavy atom. The van der Waals surface area contributed by atoms with Gasteiger partial charge in [-0.3, -0.25) is 4.79 Å². The molecule has 2 heterocycles. The van der Waals surface area contributed by atoms with Crippen molar-refractivity contribution >= 4 is 22.4 Å². The SMILES string of the molecule is CN1CCC(NC(=O)Cc2csc(N)n2)CC1. The van der Waals surface area contributed by atoms with Gasteiger partial charge in [0, 0.05) is 11.4 Å². The molecule has 0 radical (unpaired) electrons. The molecule has 0 aliphatic carbocycles. The van der Waals surface area contributed by atoms with Gasteiger partial charge in [0.15, 0.2) is 5.13 Å². The van der Waals surface area contributed by atoms with Crippen molar-refractivity contribution in [2.45, 2.75) is 25.3 Å². The lowest BCUT2D eigenvalue weighted by atomic mass is 10.1. The Hall–Kier alpha value is -1.14. The average Bonchev–Trinajstić information content (AvgIpc) is 2.67. The minimum absolute atomic E-state index is 0.0462. The second kappa shape index (κ2) is 5.46. The van der Waals surface area contributed by atoms with E-state index < -0.39 is 0 Å². The van der Waals surface area contributed by atoms with Gasteiger partial charge < -0.3 is 16.0 Å². The number of aromatic nitrogens is 1. The lowest BCUT2D eigenvalue weighted by Gasteiger charge is -2.29. The van der Waals surface area contributed by atoms with Crippen LogP contribution in [-0.2, 0) is 11.2 Å². The molecule has 1 aromatic rings. The molecule has 0 aromatic carbocycles. The van der Waals surface area contributed by atoms with Crippen LogP contribution in [0.5, 0.6) is 0 Å². The van der Waals surface area contributed by atoms with Gasteiger partial charge in [0.2, 0.25) is 5.91 Å². The number of nitrogens with zero attached hydrogens (tertiary/aromatic N) is 2. The highest BCUT2D eigenvalue weighted by molar-refractivity contribution is 7.13. The first-order valence-electron chi connectivity index (χ1n) is 5.81. The molecule has 94 valence electrons. The normalized spacial score (nSPS) is 18.2. The van der Waals surface area contributed by atoms with Gasteiger partial charge in [-0.15, -0.1) is 11.3 Å². The molecule has 1 aliphatic rings. The van der Waals surface area contributed by atoms with Gasteiger partial charge in [-0.2, -0.15) is 0 Å². The van der Waals surface area contributed by atoms with E-state index in [-0.39, 0.29) is 5.91 Å². The molecule has 0 saturated carbocycles. The van der Waals surface area contributed by atoms with E-state index in [0.29, 0.717) is 17.6 Å². The molecule has 0 bridgehead atoms. The zero-order chi connectivity index (χ0) is 12.3. The fraction of sp³-hybridized carbons (Fsp3) is 0.636. The van der Waals surface area contributed by atoms with E-state index in [1.165, 1.54) is 11.3 Å². The third kappa shape index (κ3) is 3.67. The average molecular weight is 254 g/mol. The summed E-state index contributed by atoms with van der Waals surface area (Å²) in [5, 5.41) is 5.41. The van der Waals surface area contributed by atoms with Crippen molar-refractivity contribution in [1.29, 1.82) is 0 Å². The largest absolute Gasteiger partial charge is 0.375 e. The van der Waals surface area contributed by atoms with Crippen molar-refractivity contribution in [2.75, 3.05) is 25.9 Å². The molecule has 0 spiro atoms. The molecule has 0 unspecified atom stereocenters. The number of carbonyl (C=O) groups is 1. The minimum atomic E-state index is 0.0462. The van der Waals surface area contributed by atoms with Crippen molar-refractivity contribution in [3.63, 3.8) is 0 Å². The van der Waals surface area contributed by atoms with Gasteiger partial charge in [0.1, 0.15) is 0 Å². The quantitative estimate of drug-likeness (QED) is 0.823. The monoisotopic (exact) mass is 254 g/mol. The molecule has 1 amide bonds. The zero-order valence-corrected chi connectivity index (χ0v) is 10.8. The Balaban J connectivity index is 1.77. The fourth-order valence-electron chi connectivity index (χ4n) is 2.00. The van der Waals surface area contributed by atoms with Crippen molar-refractivity contribution in [2.24, 2.45) is 0 Å². The molecular formula is C11H18N4OS. The Bertz CT molecular complexity index is 385. The van der Waals surface area contributed by atoms with Crippen LogP contribution in [0.3, 0.4) is 0 Å². The summed E-state index contributed by atoms with van der Waals surface area (Å²) >= 11 is 1.37. The van der Waals surface area contributed by atoms with Crippen LogP contribution < -0.4 is 11.1 Å². The molecule has 1 aromatic heterocycles. The number of amides is 1. The van der Waals surface area contributed by atoms with E-state index in [0.717, 1.165) is 31.6 Å². The molecule has 1 fully saturated rings. The highest BCUT2D eigenvalue weighted by Crippen LogP contribution is 2.12. The highest BCUT2D eigenvalue weighted by Gasteiger charge is 2.18. The molecule has 6 heteroatoms. The minimum Gasteiger partial charge on any atom is -0.375 e. The van der Waals surface area contributed by atoms with Crippen LogP contribution in [0.25, 0.3) is 0 Å². The van der Waals surface area contributed by atoms with Crippen LogP contribution >= 0.6 is 11.3 Å². The third-order valence-electron chi connectivity index (χ3n) is 2.99. The number of rotatable bonds is 3. The Morgan fingerprint density at radius 3 is 2.94 bits per heavy atom. The van der Waals surface area contributed by atoms with E-state index in [4.69, 9.17) is 5.73 Å². The van der Waals surface area contributed by atoms with E-state index >= 15 is 0 Å². The number of nitrogens with two attached hydrogens (primary N) is 1. The summed E-state index contributed by atoms with van der Waals surface area (Å²) in [6, 6.07) is 0.315. The number of hydrogen-bond acceptors (Lipinski definition) is 5. The second-order valence-corrected chi connectivity index (χ2v) is 5.39. The first kappa shape index (κ1) is 12.3. The first-order valence-corrected chi connectivity index (χ1v) is 6.69. The van der Waals surface area contributed by atoms with Gasteiger partial charge >= 0.3 is 0 Å². The maximum absolute atomic E-state index is 11.8. The third-order valence-corrected chi connectivity index (χ3v) is 3.72. The fourth-order valence-corrected chi connectivity index (χ4v) is 2.56. The van der Waals surface area contributed by atoms with Crippen LogP contribution in [0.4, 0.5) is 5.13 Å². The lowest BCUT2D eigenvalue weighted by Crippen LogP contribution is -2.43. The van der Waals surface area contributed by atoms with E-state index in [1.54, 1.807) is 0 Å². The standard InChI is InChI=1S/C11H18N4OS/c1-15-4-2-8(3-5-15)13-10(16)6-9-7-17-11(12)14-9/h7-8H,2-6H2,1H3,(H2,12,14)(H,13,16). The number of nitrogens with one attached hydrogen (secondary N) is 1. The van der Waals surface area contributed by atoms with Crippen LogP contribution in [0.2, 0.25) is 0 Å². The number of anilines is 1. The lowest BCUT2D eigenvalue weighted by molar-refractivity contribution is -0.121. The first-order chi connectivity index (χ1) is 8.13. The number of carbonyl (C=O) groups excluding carboxylic acids is 1. The maximum Gasteiger partial charge on any atom is 0.226 e. The molecule has 1 saturated heterocycles. The van der Waals surface area contributed by atoms with Gasteiger partial charge in [-0.1, -0.05) is 0 Å². The topological polar surface area (TPSA) is 71.2 Å². The van der Waals surface area contributed by atoms with Crippen molar-refractivity contribution < 1.29 is 4.79 Å². The van der Waals surface area contributed by atoms with Gasteiger partial charge in [-0.05, 0) is 33.0 Å². The number of piperidine rings is 1. The van der Waals surface area contributed by atoms with Crippen LogP contribution in [0.15, 0.2) is 5.38 Å². The van der Waals surface area contributed by atoms with E-state index in [9.17, 15) is 4.79 Å². The van der Waals surface area contributed by atoms with Gasteiger partial charge in [0.05, 0.1) is 12.1 Å². The van der Waals surface area contributed by atoms with Gasteiger partial charge in [0.25, 0.3) is 0 Å². The molecule has 2 rings (SSSR count). The Labute approximate surface area is 105 Å². The van der Waals surface area contributed by atoms with E-state index in [1.807, 2.05) is 5.38 Å². The van der Waals surface area contributed by atoms with Crippen molar-refractivity contribution in [3.05, 3.63) is 11.1 Å². The van der Waals surface area contributed by atoms with Crippen LogP contribution in [0.1, 0.15) is 18.5 Å². The summed E-state index contributed by atoms with van der Waals surface area (Å²) in [6.07, 6.45) is 2.39. The van der Waals surface area contributed by atoms with E-state index in [2.05, 4.69) is 22.2 Å². The van der Waals surface area contributed by atoms with Gasteiger partial charge in [-0.25, -0.2) is 4.98 Å². The van der Waals surface area contributed by atoms with Crippen LogP contribution in [0, 0.1) is 0 Å². The molecular weight excluding hydrogens is 236 g/mol. The molecule has 0 atom stereocenters. The molecule has 1 aliphatic heterocycles. The summed E-state index contributed by atoms with van der Waals surface area (Å²) in [4.78, 5) is 18.1. The Kier molecular flexibility index (Phi) is 3.96. The van der Waals surface area contributed by atoms with Crippen LogP contribution in [-0.4, -0.2) is 42.0 Å². The highest BCUT2D eigenvalue weighted by atomic mass is 32.1. The summed E-state index contributed by atoms with van der Waals surface area (Å²) in [5.74, 6) is 0.0462. The number of hydrogen-bond donors (Lipinski definition) is 2.